The maximum absolute atomic E-state index is 10.7. The Bertz CT molecular complexity index is 249. The van der Waals surface area contributed by atoms with E-state index in [9.17, 15) is 4.79 Å². The van der Waals surface area contributed by atoms with Crippen molar-refractivity contribution < 1.29 is 19.1 Å². The zero-order valence-corrected chi connectivity index (χ0v) is 11.0. The fourth-order valence-corrected chi connectivity index (χ4v) is 1.33. The van der Waals surface area contributed by atoms with E-state index in [1.54, 1.807) is 0 Å². The molecular weight excluding hydrogens is 206 g/mol. The Morgan fingerprint density at radius 2 is 1.94 bits per heavy atom. The molecule has 0 aliphatic heterocycles. The van der Waals surface area contributed by atoms with Crippen LogP contribution < -0.4 is 0 Å². The summed E-state index contributed by atoms with van der Waals surface area (Å²) >= 11 is 0. The summed E-state index contributed by atoms with van der Waals surface area (Å²) in [5, 5.41) is 8.79. The number of hydrogen-bond donors (Lipinski definition) is 1. The molecule has 0 saturated heterocycles. The minimum Gasteiger partial charge on any atom is -0.481 e. The molecule has 0 aromatic rings. The molecule has 4 nitrogen and oxygen atoms in total. The number of ether oxygens (including phenoxy) is 1. The molecule has 0 aromatic heterocycles. The zero-order valence-electron chi connectivity index (χ0n) is 11.0. The highest BCUT2D eigenvalue weighted by Crippen LogP contribution is 2.05. The van der Waals surface area contributed by atoms with Crippen molar-refractivity contribution in [2.75, 3.05) is 34.3 Å². The molecule has 0 spiro atoms. The zero-order chi connectivity index (χ0) is 12.8. The number of allylic oxidation sites excluding steroid dienone is 1. The lowest BCUT2D eigenvalue weighted by Gasteiger charge is -2.28. The normalized spacial score (nSPS) is 13.3. The van der Waals surface area contributed by atoms with Gasteiger partial charge in [0.15, 0.2) is 0 Å². The Labute approximate surface area is 98.1 Å². The van der Waals surface area contributed by atoms with Crippen LogP contribution in [0.1, 0.15) is 20.3 Å². The first-order valence-corrected chi connectivity index (χ1v) is 5.48. The van der Waals surface area contributed by atoms with Crippen molar-refractivity contribution in [1.29, 1.82) is 0 Å². The van der Waals surface area contributed by atoms with Gasteiger partial charge >= 0.3 is 5.97 Å². The fraction of sp³-hybridized carbons (Fsp3) is 0.750. The smallest absolute Gasteiger partial charge is 0.306 e. The molecule has 0 amide bonds. The fourth-order valence-electron chi connectivity index (χ4n) is 1.33. The van der Waals surface area contributed by atoms with Gasteiger partial charge < -0.3 is 14.3 Å². The third-order valence-electron chi connectivity index (χ3n) is 1.98. The monoisotopic (exact) mass is 230 g/mol. The Morgan fingerprint density at radius 3 is 2.31 bits per heavy atom. The third kappa shape index (κ3) is 9.68. The van der Waals surface area contributed by atoms with Crippen molar-refractivity contribution in [2.24, 2.45) is 0 Å². The van der Waals surface area contributed by atoms with Gasteiger partial charge in [0.1, 0.15) is 12.6 Å². The summed E-state index contributed by atoms with van der Waals surface area (Å²) in [4.78, 5) is 10.7. The van der Waals surface area contributed by atoms with Gasteiger partial charge in [0.25, 0.3) is 0 Å². The van der Waals surface area contributed by atoms with Gasteiger partial charge in [-0.15, -0.1) is 0 Å². The number of rotatable bonds is 7. The maximum Gasteiger partial charge on any atom is 0.306 e. The van der Waals surface area contributed by atoms with Crippen LogP contribution in [0.15, 0.2) is 11.6 Å². The molecule has 0 saturated carbocycles. The van der Waals surface area contributed by atoms with Crippen LogP contribution in [0.2, 0.25) is 0 Å². The number of nitrogens with zero attached hydrogens (tertiary/aromatic N) is 1. The van der Waals surface area contributed by atoms with Gasteiger partial charge in [-0.3, -0.25) is 4.79 Å². The molecule has 0 aromatic carbocycles. The van der Waals surface area contributed by atoms with Crippen molar-refractivity contribution in [3.05, 3.63) is 11.6 Å². The van der Waals surface area contributed by atoms with Gasteiger partial charge in [0.2, 0.25) is 0 Å². The molecule has 4 heteroatoms. The van der Waals surface area contributed by atoms with Crippen molar-refractivity contribution in [1.82, 2.24) is 0 Å². The number of carboxylic acids is 1. The number of aliphatic carboxylic acids is 1. The van der Waals surface area contributed by atoms with E-state index in [0.717, 1.165) is 0 Å². The van der Waals surface area contributed by atoms with Crippen LogP contribution in [0.4, 0.5) is 0 Å². The second-order valence-electron chi connectivity index (χ2n) is 5.31. The van der Waals surface area contributed by atoms with Gasteiger partial charge in [-0.1, -0.05) is 11.6 Å². The van der Waals surface area contributed by atoms with E-state index >= 15 is 0 Å². The summed E-state index contributed by atoms with van der Waals surface area (Å²) in [5.41, 5.74) is 1.18. The van der Waals surface area contributed by atoms with E-state index in [4.69, 9.17) is 9.84 Å². The third-order valence-corrected chi connectivity index (χ3v) is 1.98. The predicted octanol–water partition coefficient (Wildman–Crippen LogP) is 1.52. The second kappa shape index (κ2) is 6.66. The maximum atomic E-state index is 10.7. The molecule has 1 atom stereocenters. The number of likely N-dealkylation sites (N-methyl/N-ethyl adjacent to an activating group) is 1. The second-order valence-corrected chi connectivity index (χ2v) is 5.31. The summed E-state index contributed by atoms with van der Waals surface area (Å²) in [6, 6.07) is 0. The van der Waals surface area contributed by atoms with Crippen LogP contribution in [-0.2, 0) is 9.53 Å². The molecule has 0 rings (SSSR count). The molecule has 0 radical (unpaired) electrons. The standard InChI is InChI=1S/C12H23NO3/c1-10(2)6-7-16-11(8-12(14)15)9-13(3,4)5/h6,11H,7-9H2,1-5H3/p+1/t11-/m1/s1. The molecule has 1 N–H and O–H groups in total. The molecule has 0 heterocycles. The Hall–Kier alpha value is -0.870. The van der Waals surface area contributed by atoms with Crippen LogP contribution in [0.3, 0.4) is 0 Å². The van der Waals surface area contributed by atoms with Gasteiger partial charge in [0, 0.05) is 0 Å². The highest BCUT2D eigenvalue weighted by molar-refractivity contribution is 5.67. The van der Waals surface area contributed by atoms with Gasteiger partial charge in [-0.2, -0.15) is 0 Å². The highest BCUT2D eigenvalue weighted by Gasteiger charge is 2.21. The van der Waals surface area contributed by atoms with E-state index < -0.39 is 5.97 Å². The van der Waals surface area contributed by atoms with E-state index in [1.165, 1.54) is 5.57 Å². The molecular formula is C12H24NO3+. The SMILES string of the molecule is CC(C)=CCO[C@H](CC(=O)O)C[N+](C)(C)C. The molecule has 0 bridgehead atoms. The Balaban J connectivity index is 4.21. The average Bonchev–Trinajstić information content (AvgIpc) is 1.98. The van der Waals surface area contributed by atoms with E-state index in [2.05, 4.69) is 0 Å². The number of carboxylic acid groups (broad SMARTS) is 1. The predicted molar refractivity (Wildman–Crippen MR) is 64.3 cm³/mol. The summed E-state index contributed by atoms with van der Waals surface area (Å²) in [6.45, 7) is 5.17. The lowest BCUT2D eigenvalue weighted by molar-refractivity contribution is -0.873. The molecule has 94 valence electrons. The minimum absolute atomic E-state index is 0.0616. The topological polar surface area (TPSA) is 46.5 Å². The molecule has 0 aliphatic rings. The van der Waals surface area contributed by atoms with Crippen LogP contribution in [-0.4, -0.2) is 56.0 Å². The first kappa shape index (κ1) is 15.1. The van der Waals surface area contributed by atoms with Gasteiger partial charge in [0.05, 0.1) is 34.2 Å². The van der Waals surface area contributed by atoms with E-state index in [-0.39, 0.29) is 12.5 Å². The van der Waals surface area contributed by atoms with Crippen molar-refractivity contribution in [3.63, 3.8) is 0 Å². The van der Waals surface area contributed by atoms with Crippen molar-refractivity contribution in [2.45, 2.75) is 26.4 Å². The molecule has 0 unspecified atom stereocenters. The largest absolute Gasteiger partial charge is 0.481 e. The summed E-state index contributed by atoms with van der Waals surface area (Å²) in [7, 11) is 6.08. The Morgan fingerprint density at radius 1 is 1.38 bits per heavy atom. The number of hydrogen-bond acceptors (Lipinski definition) is 2. The van der Waals surface area contributed by atoms with Crippen LogP contribution in [0, 0.1) is 0 Å². The van der Waals surface area contributed by atoms with Gasteiger partial charge in [-0.05, 0) is 13.8 Å². The lowest BCUT2D eigenvalue weighted by atomic mass is 10.2. The van der Waals surface area contributed by atoms with Gasteiger partial charge in [-0.25, -0.2) is 0 Å². The van der Waals surface area contributed by atoms with E-state index in [0.29, 0.717) is 17.6 Å². The number of carbonyl (C=O) groups is 1. The minimum atomic E-state index is -0.810. The van der Waals surface area contributed by atoms with Crippen LogP contribution >= 0.6 is 0 Å². The van der Waals surface area contributed by atoms with Crippen molar-refractivity contribution in [3.8, 4) is 0 Å². The first-order valence-electron chi connectivity index (χ1n) is 5.48. The quantitative estimate of drug-likeness (QED) is 0.533. The number of quaternary nitrogens is 1. The van der Waals surface area contributed by atoms with Crippen LogP contribution in [0.5, 0.6) is 0 Å². The summed E-state index contributed by atoms with van der Waals surface area (Å²) in [5.74, 6) is -0.810. The van der Waals surface area contributed by atoms with Crippen LogP contribution in [0.25, 0.3) is 0 Å². The molecule has 16 heavy (non-hydrogen) atoms. The highest BCUT2D eigenvalue weighted by atomic mass is 16.5. The van der Waals surface area contributed by atoms with Crippen molar-refractivity contribution >= 4 is 5.97 Å². The first-order chi connectivity index (χ1) is 7.20. The summed E-state index contributed by atoms with van der Waals surface area (Å²) < 4.78 is 6.27. The van der Waals surface area contributed by atoms with E-state index in [1.807, 2.05) is 41.1 Å². The molecule has 0 fully saturated rings. The Kier molecular flexibility index (Phi) is 6.29. The average molecular weight is 230 g/mol. The molecule has 0 aliphatic carbocycles. The summed E-state index contributed by atoms with van der Waals surface area (Å²) in [6.07, 6.45) is 1.80. The lowest BCUT2D eigenvalue weighted by Crippen LogP contribution is -2.43.